The van der Waals surface area contributed by atoms with Crippen molar-refractivity contribution >= 4 is 5.91 Å². The van der Waals surface area contributed by atoms with Gasteiger partial charge in [0.1, 0.15) is 0 Å². The number of hydrogen-bond acceptors (Lipinski definition) is 1. The summed E-state index contributed by atoms with van der Waals surface area (Å²) in [6.45, 7) is 1.94. The van der Waals surface area contributed by atoms with Crippen LogP contribution in [0.5, 0.6) is 0 Å². The van der Waals surface area contributed by atoms with Crippen LogP contribution in [0.4, 0.5) is 0 Å². The molecule has 0 aromatic carbocycles. The molecule has 7 heavy (non-hydrogen) atoms. The lowest BCUT2D eigenvalue weighted by molar-refractivity contribution is -0.113. The van der Waals surface area contributed by atoms with Crippen LogP contribution in [0.2, 0.25) is 0 Å². The van der Waals surface area contributed by atoms with Crippen LogP contribution in [-0.2, 0) is 4.79 Å². The largest absolute Gasteiger partial charge is 0.366 e. The van der Waals surface area contributed by atoms with Gasteiger partial charge in [0.15, 0.2) is 0 Å². The summed E-state index contributed by atoms with van der Waals surface area (Å²) in [5.74, 6) is -0.373. The summed E-state index contributed by atoms with van der Waals surface area (Å²) < 4.78 is 0. The molecule has 0 radical (unpaired) electrons. The highest BCUT2D eigenvalue weighted by molar-refractivity contribution is 5.85. The quantitative estimate of drug-likeness (QED) is 0.501. The summed E-state index contributed by atoms with van der Waals surface area (Å²) in [5, 5.41) is 0. The number of rotatable bonds is 2. The minimum absolute atomic E-state index is 0.373. The van der Waals surface area contributed by atoms with E-state index in [1.807, 2.05) is 6.92 Å². The lowest BCUT2D eigenvalue weighted by Crippen LogP contribution is -2.04. The number of hydrogen-bond donors (Lipinski definition) is 1. The maximum absolute atomic E-state index is 9.89. The first-order chi connectivity index (χ1) is 3.27. The second-order valence-electron chi connectivity index (χ2n) is 1.21. The Bertz CT molecular complexity index is 86.1. The van der Waals surface area contributed by atoms with Crippen LogP contribution < -0.4 is 5.73 Å². The van der Waals surface area contributed by atoms with E-state index < -0.39 is 0 Å². The fourth-order valence-corrected chi connectivity index (χ4v) is 0.234. The van der Waals surface area contributed by atoms with Crippen LogP contribution in [0, 0.1) is 0 Å². The lowest BCUT2D eigenvalue weighted by Gasteiger charge is -1.74. The second kappa shape index (κ2) is 3.40. The number of carbonyl (C=O) groups is 1. The van der Waals surface area contributed by atoms with Crippen LogP contribution in [-0.4, -0.2) is 5.91 Å². The highest BCUT2D eigenvalue weighted by Crippen LogP contribution is 1.75. The molecule has 0 bridgehead atoms. The molecule has 0 aliphatic carbocycles. The molecule has 0 aromatic heterocycles. The summed E-state index contributed by atoms with van der Waals surface area (Å²) in [7, 11) is 0. The van der Waals surface area contributed by atoms with Gasteiger partial charge in [-0.2, -0.15) is 0 Å². The van der Waals surface area contributed by atoms with E-state index in [4.69, 9.17) is 5.73 Å². The summed E-state index contributed by atoms with van der Waals surface area (Å²) in [5.41, 5.74) is 4.75. The Labute approximate surface area is 43.0 Å². The molecule has 2 N–H and O–H groups in total. The molecular weight excluding hydrogens is 90.1 g/mol. The van der Waals surface area contributed by atoms with Crippen molar-refractivity contribution in [3.05, 3.63) is 12.2 Å². The van der Waals surface area contributed by atoms with Gasteiger partial charge in [0.2, 0.25) is 5.91 Å². The van der Waals surface area contributed by atoms with E-state index in [9.17, 15) is 4.79 Å². The average Bonchev–Trinajstić information content (AvgIpc) is 1.61. The Hall–Kier alpha value is -0.790. The van der Waals surface area contributed by atoms with Crippen molar-refractivity contribution in [1.29, 1.82) is 0 Å². The molecular formula is C5H9NO. The van der Waals surface area contributed by atoms with Crippen molar-refractivity contribution in [3.8, 4) is 0 Å². The van der Waals surface area contributed by atoms with Gasteiger partial charge >= 0.3 is 0 Å². The Morgan fingerprint density at radius 3 is 2.57 bits per heavy atom. The predicted molar refractivity (Wildman–Crippen MR) is 28.6 cm³/mol. The Morgan fingerprint density at radius 1 is 1.86 bits per heavy atom. The Balaban J connectivity index is 3.26. The standard InChI is InChI=1S/C5H9NO/c1-2-3-4-5(6)7/h3-4H,2H2,1H3,(H2,6,7)/b4-3+. The van der Waals surface area contributed by atoms with Gasteiger partial charge in [-0.15, -0.1) is 0 Å². The van der Waals surface area contributed by atoms with Crippen molar-refractivity contribution in [2.75, 3.05) is 0 Å². The monoisotopic (exact) mass is 99.1 g/mol. The molecule has 0 heterocycles. The van der Waals surface area contributed by atoms with Gasteiger partial charge < -0.3 is 5.73 Å². The van der Waals surface area contributed by atoms with Crippen LogP contribution >= 0.6 is 0 Å². The molecule has 0 unspecified atom stereocenters. The molecule has 0 aromatic rings. The third-order valence-electron chi connectivity index (χ3n) is 0.518. The molecule has 40 valence electrons. The molecule has 0 aliphatic heterocycles. The molecule has 0 rings (SSSR count). The third kappa shape index (κ3) is 5.21. The Kier molecular flexibility index (Phi) is 3.02. The van der Waals surface area contributed by atoms with Crippen LogP contribution in [0.25, 0.3) is 0 Å². The van der Waals surface area contributed by atoms with Gasteiger partial charge in [0, 0.05) is 0 Å². The summed E-state index contributed by atoms with van der Waals surface area (Å²) in [6.07, 6.45) is 3.95. The maximum atomic E-state index is 9.89. The first-order valence-electron chi connectivity index (χ1n) is 2.23. The van der Waals surface area contributed by atoms with Crippen molar-refractivity contribution in [1.82, 2.24) is 0 Å². The zero-order valence-corrected chi connectivity index (χ0v) is 4.35. The minimum atomic E-state index is -0.373. The first kappa shape index (κ1) is 6.21. The molecule has 0 atom stereocenters. The van der Waals surface area contributed by atoms with Crippen molar-refractivity contribution in [3.63, 3.8) is 0 Å². The SMILES string of the molecule is CC/C=C/C(N)=O. The molecule has 2 heteroatoms. The molecule has 1 amide bonds. The zero-order valence-electron chi connectivity index (χ0n) is 4.35. The highest BCUT2D eigenvalue weighted by Gasteiger charge is 1.75. The van der Waals surface area contributed by atoms with Crippen LogP contribution in [0.1, 0.15) is 13.3 Å². The summed E-state index contributed by atoms with van der Waals surface area (Å²) >= 11 is 0. The van der Waals surface area contributed by atoms with Crippen molar-refractivity contribution < 1.29 is 4.79 Å². The topological polar surface area (TPSA) is 43.1 Å². The average molecular weight is 99.1 g/mol. The fourth-order valence-electron chi connectivity index (χ4n) is 0.234. The number of amides is 1. The predicted octanol–water partition coefficient (Wildman–Crippen LogP) is 0.438. The third-order valence-corrected chi connectivity index (χ3v) is 0.518. The van der Waals surface area contributed by atoms with Crippen LogP contribution in [0.3, 0.4) is 0 Å². The maximum Gasteiger partial charge on any atom is 0.241 e. The smallest absolute Gasteiger partial charge is 0.241 e. The molecule has 0 saturated heterocycles. The van der Waals surface area contributed by atoms with Gasteiger partial charge in [-0.3, -0.25) is 4.79 Å². The van der Waals surface area contributed by atoms with Crippen molar-refractivity contribution in [2.24, 2.45) is 5.73 Å². The number of primary amides is 1. The number of carbonyl (C=O) groups excluding carboxylic acids is 1. The number of nitrogens with two attached hydrogens (primary N) is 1. The number of allylic oxidation sites excluding steroid dienone is 1. The molecule has 0 aliphatic rings. The first-order valence-corrected chi connectivity index (χ1v) is 2.23. The van der Waals surface area contributed by atoms with Crippen LogP contribution in [0.15, 0.2) is 12.2 Å². The summed E-state index contributed by atoms with van der Waals surface area (Å²) in [4.78, 5) is 9.89. The second-order valence-corrected chi connectivity index (χ2v) is 1.21. The van der Waals surface area contributed by atoms with E-state index in [0.29, 0.717) is 0 Å². The lowest BCUT2D eigenvalue weighted by atomic mass is 10.4. The van der Waals surface area contributed by atoms with E-state index in [1.54, 1.807) is 6.08 Å². The Morgan fingerprint density at radius 2 is 2.43 bits per heavy atom. The molecule has 0 spiro atoms. The highest BCUT2D eigenvalue weighted by atomic mass is 16.1. The molecule has 2 nitrogen and oxygen atoms in total. The summed E-state index contributed by atoms with van der Waals surface area (Å²) in [6, 6.07) is 0. The van der Waals surface area contributed by atoms with Gasteiger partial charge in [-0.25, -0.2) is 0 Å². The molecule has 0 fully saturated rings. The van der Waals surface area contributed by atoms with E-state index in [0.717, 1.165) is 6.42 Å². The van der Waals surface area contributed by atoms with E-state index >= 15 is 0 Å². The van der Waals surface area contributed by atoms with E-state index in [2.05, 4.69) is 0 Å². The van der Waals surface area contributed by atoms with Gasteiger partial charge in [0.05, 0.1) is 0 Å². The van der Waals surface area contributed by atoms with E-state index in [-0.39, 0.29) is 5.91 Å². The normalized spacial score (nSPS) is 9.86. The van der Waals surface area contributed by atoms with Gasteiger partial charge in [0.25, 0.3) is 0 Å². The minimum Gasteiger partial charge on any atom is -0.366 e. The van der Waals surface area contributed by atoms with E-state index in [1.165, 1.54) is 6.08 Å². The fraction of sp³-hybridized carbons (Fsp3) is 0.400. The molecule has 0 saturated carbocycles. The van der Waals surface area contributed by atoms with Gasteiger partial charge in [-0.1, -0.05) is 13.0 Å². The van der Waals surface area contributed by atoms with Crippen molar-refractivity contribution in [2.45, 2.75) is 13.3 Å². The zero-order chi connectivity index (χ0) is 5.70. The van der Waals surface area contributed by atoms with Gasteiger partial charge in [-0.05, 0) is 12.5 Å².